The van der Waals surface area contributed by atoms with Crippen molar-refractivity contribution < 1.29 is 24.2 Å². The number of nitrogens with zero attached hydrogens (tertiary/aromatic N) is 2. The van der Waals surface area contributed by atoms with Gasteiger partial charge in [-0.1, -0.05) is 56.3 Å². The molecule has 1 saturated heterocycles. The van der Waals surface area contributed by atoms with Crippen LogP contribution in [0.1, 0.15) is 42.1 Å². The molecular formula is C32H36N2O5. The first-order valence-corrected chi connectivity index (χ1v) is 13.3. The van der Waals surface area contributed by atoms with Crippen molar-refractivity contribution in [1.82, 2.24) is 9.80 Å². The lowest BCUT2D eigenvalue weighted by Crippen LogP contribution is -2.38. The second kappa shape index (κ2) is 12.6. The molecule has 1 atom stereocenters. The lowest BCUT2D eigenvalue weighted by atomic mass is 9.94. The van der Waals surface area contributed by atoms with E-state index in [0.29, 0.717) is 42.3 Å². The highest BCUT2D eigenvalue weighted by molar-refractivity contribution is 6.46. The number of likely N-dealkylation sites (N-methyl/N-ethyl adjacent to an activating group) is 1. The van der Waals surface area contributed by atoms with Gasteiger partial charge in [-0.05, 0) is 67.0 Å². The van der Waals surface area contributed by atoms with Gasteiger partial charge in [-0.25, -0.2) is 0 Å². The van der Waals surface area contributed by atoms with E-state index in [-0.39, 0.29) is 11.3 Å². The summed E-state index contributed by atoms with van der Waals surface area (Å²) in [6, 6.07) is 21.7. The number of methoxy groups -OCH3 is 1. The monoisotopic (exact) mass is 528 g/mol. The van der Waals surface area contributed by atoms with Crippen molar-refractivity contribution in [3.63, 3.8) is 0 Å². The predicted octanol–water partition coefficient (Wildman–Crippen LogP) is 5.35. The van der Waals surface area contributed by atoms with E-state index in [4.69, 9.17) is 9.47 Å². The van der Waals surface area contributed by atoms with E-state index < -0.39 is 17.7 Å². The molecule has 0 aliphatic carbocycles. The Morgan fingerprint density at radius 1 is 0.974 bits per heavy atom. The zero-order chi connectivity index (χ0) is 27.9. The average molecular weight is 529 g/mol. The summed E-state index contributed by atoms with van der Waals surface area (Å²) in [5.41, 5.74) is 3.09. The van der Waals surface area contributed by atoms with E-state index >= 15 is 0 Å². The highest BCUT2D eigenvalue weighted by Gasteiger charge is 2.46. The number of hydrogen-bond donors (Lipinski definition) is 1. The average Bonchev–Trinajstić information content (AvgIpc) is 3.22. The normalized spacial score (nSPS) is 16.6. The number of carbonyl (C=O) groups excluding carboxylic acids is 2. The second-order valence-corrected chi connectivity index (χ2v) is 9.55. The van der Waals surface area contributed by atoms with Gasteiger partial charge in [0.2, 0.25) is 0 Å². The van der Waals surface area contributed by atoms with Gasteiger partial charge in [0, 0.05) is 18.7 Å². The highest BCUT2D eigenvalue weighted by atomic mass is 16.5. The third kappa shape index (κ3) is 6.15. The van der Waals surface area contributed by atoms with E-state index in [1.54, 1.807) is 36.3 Å². The van der Waals surface area contributed by atoms with E-state index in [9.17, 15) is 14.7 Å². The van der Waals surface area contributed by atoms with Gasteiger partial charge < -0.3 is 24.4 Å². The van der Waals surface area contributed by atoms with Crippen molar-refractivity contribution in [3.8, 4) is 11.5 Å². The summed E-state index contributed by atoms with van der Waals surface area (Å²) in [5, 5.41) is 11.5. The Bertz CT molecular complexity index is 1350. The summed E-state index contributed by atoms with van der Waals surface area (Å²) in [6.07, 6.45) is 0. The number of ether oxygens (including phenoxy) is 2. The Kier molecular flexibility index (Phi) is 9.04. The highest BCUT2D eigenvalue weighted by Crippen LogP contribution is 2.40. The number of ketones is 1. The Morgan fingerprint density at radius 3 is 2.38 bits per heavy atom. The minimum Gasteiger partial charge on any atom is -0.507 e. The summed E-state index contributed by atoms with van der Waals surface area (Å²) < 4.78 is 11.4. The van der Waals surface area contributed by atoms with Crippen LogP contribution in [0.2, 0.25) is 0 Å². The molecule has 3 aromatic carbocycles. The summed E-state index contributed by atoms with van der Waals surface area (Å²) in [5.74, 6) is -0.223. The Labute approximate surface area is 230 Å². The van der Waals surface area contributed by atoms with Crippen molar-refractivity contribution in [1.29, 1.82) is 0 Å². The van der Waals surface area contributed by atoms with Gasteiger partial charge in [-0.2, -0.15) is 0 Å². The van der Waals surface area contributed by atoms with Gasteiger partial charge in [-0.15, -0.1) is 0 Å². The third-order valence-electron chi connectivity index (χ3n) is 7.19. The maximum Gasteiger partial charge on any atom is 0.295 e. The lowest BCUT2D eigenvalue weighted by Gasteiger charge is -2.28. The van der Waals surface area contributed by atoms with E-state index in [1.165, 1.54) is 0 Å². The molecule has 204 valence electrons. The summed E-state index contributed by atoms with van der Waals surface area (Å²) in [6.45, 7) is 9.08. The van der Waals surface area contributed by atoms with Crippen molar-refractivity contribution in [2.45, 2.75) is 33.4 Å². The first-order valence-electron chi connectivity index (χ1n) is 13.3. The fraction of sp³-hybridized carbons (Fsp3) is 0.312. The van der Waals surface area contributed by atoms with Crippen LogP contribution in [0.4, 0.5) is 0 Å². The first kappa shape index (κ1) is 27.9. The zero-order valence-electron chi connectivity index (χ0n) is 23.0. The van der Waals surface area contributed by atoms with E-state index in [1.807, 2.05) is 55.5 Å². The number of aliphatic hydroxyl groups is 1. The third-order valence-corrected chi connectivity index (χ3v) is 7.19. The standard InChI is InChI=1S/C32H36N2O5/c1-5-33(6-2)17-18-34-29(24-13-10-14-26(20-24)38-4)28(31(36)32(34)37)30(35)25-15-16-27(22(3)19-25)39-21-23-11-8-7-9-12-23/h7-16,19-20,29,35H,5-6,17-18,21H2,1-4H3/b30-28-. The van der Waals surface area contributed by atoms with Crippen LogP contribution >= 0.6 is 0 Å². The van der Waals surface area contributed by atoms with Gasteiger partial charge in [-0.3, -0.25) is 9.59 Å². The number of carbonyl (C=O) groups is 2. The number of rotatable bonds is 11. The van der Waals surface area contributed by atoms with Gasteiger partial charge in [0.1, 0.15) is 23.9 Å². The van der Waals surface area contributed by atoms with Crippen LogP contribution < -0.4 is 9.47 Å². The quantitative estimate of drug-likeness (QED) is 0.205. The molecule has 0 saturated carbocycles. The molecular weight excluding hydrogens is 492 g/mol. The van der Waals surface area contributed by atoms with Crippen molar-refractivity contribution in [3.05, 3.63) is 101 Å². The summed E-state index contributed by atoms with van der Waals surface area (Å²) in [7, 11) is 1.57. The van der Waals surface area contributed by atoms with Crippen LogP contribution in [0.3, 0.4) is 0 Å². The molecule has 7 heteroatoms. The number of benzene rings is 3. The Morgan fingerprint density at radius 2 is 1.72 bits per heavy atom. The molecule has 1 unspecified atom stereocenters. The number of Topliss-reactive ketones (excluding diaryl/α,β-unsaturated/α-hetero) is 1. The molecule has 1 aliphatic heterocycles. The first-order chi connectivity index (χ1) is 18.9. The van der Waals surface area contributed by atoms with Gasteiger partial charge >= 0.3 is 0 Å². The molecule has 4 rings (SSSR count). The molecule has 0 radical (unpaired) electrons. The fourth-order valence-electron chi connectivity index (χ4n) is 4.91. The largest absolute Gasteiger partial charge is 0.507 e. The molecule has 1 amide bonds. The molecule has 39 heavy (non-hydrogen) atoms. The van der Waals surface area contributed by atoms with Gasteiger partial charge in [0.15, 0.2) is 0 Å². The lowest BCUT2D eigenvalue weighted by molar-refractivity contribution is -0.140. The van der Waals surface area contributed by atoms with E-state index in [0.717, 1.165) is 24.2 Å². The number of aryl methyl sites for hydroxylation is 1. The molecule has 7 nitrogen and oxygen atoms in total. The topological polar surface area (TPSA) is 79.3 Å². The minimum absolute atomic E-state index is 0.0742. The molecule has 1 N–H and O–H groups in total. The molecule has 1 fully saturated rings. The molecule has 1 aliphatic rings. The molecule has 0 bridgehead atoms. The molecule has 0 spiro atoms. The van der Waals surface area contributed by atoms with Crippen molar-refractivity contribution >= 4 is 17.4 Å². The molecule has 1 heterocycles. The second-order valence-electron chi connectivity index (χ2n) is 9.55. The van der Waals surface area contributed by atoms with Crippen LogP contribution in [0.15, 0.2) is 78.4 Å². The zero-order valence-corrected chi connectivity index (χ0v) is 23.0. The maximum absolute atomic E-state index is 13.4. The van der Waals surface area contributed by atoms with Gasteiger partial charge in [0.25, 0.3) is 11.7 Å². The van der Waals surface area contributed by atoms with Crippen LogP contribution in [-0.4, -0.2) is 59.9 Å². The van der Waals surface area contributed by atoms with Gasteiger partial charge in [0.05, 0.1) is 18.7 Å². The smallest absolute Gasteiger partial charge is 0.295 e. The van der Waals surface area contributed by atoms with Crippen LogP contribution in [0.25, 0.3) is 5.76 Å². The number of aliphatic hydroxyl groups excluding tert-OH is 1. The predicted molar refractivity (Wildman–Crippen MR) is 152 cm³/mol. The van der Waals surface area contributed by atoms with Crippen LogP contribution in [0, 0.1) is 6.92 Å². The van der Waals surface area contributed by atoms with Crippen molar-refractivity contribution in [2.75, 3.05) is 33.3 Å². The fourth-order valence-corrected chi connectivity index (χ4v) is 4.91. The Hall–Kier alpha value is -4.10. The number of amides is 1. The maximum atomic E-state index is 13.4. The van der Waals surface area contributed by atoms with Crippen LogP contribution in [0.5, 0.6) is 11.5 Å². The summed E-state index contributed by atoms with van der Waals surface area (Å²) >= 11 is 0. The minimum atomic E-state index is -0.732. The van der Waals surface area contributed by atoms with E-state index in [2.05, 4.69) is 18.7 Å². The number of hydrogen-bond acceptors (Lipinski definition) is 6. The SMILES string of the molecule is CCN(CC)CCN1C(=O)C(=O)/C(=C(\O)c2ccc(OCc3ccccc3)c(C)c2)C1c1cccc(OC)c1. The number of likely N-dealkylation sites (tertiary alicyclic amines) is 1. The van der Waals surface area contributed by atoms with Crippen molar-refractivity contribution in [2.24, 2.45) is 0 Å². The van der Waals surface area contributed by atoms with Crippen LogP contribution in [-0.2, 0) is 16.2 Å². The molecule has 3 aromatic rings. The summed E-state index contributed by atoms with van der Waals surface area (Å²) in [4.78, 5) is 30.4. The molecule has 0 aromatic heterocycles. The Balaban J connectivity index is 1.70.